The number of rotatable bonds is 7. The Labute approximate surface area is 187 Å². The largest absolute Gasteiger partial charge is 0.417 e. The van der Waals surface area contributed by atoms with E-state index in [9.17, 15) is 18.0 Å². The zero-order valence-corrected chi connectivity index (χ0v) is 18.9. The van der Waals surface area contributed by atoms with Gasteiger partial charge in [-0.25, -0.2) is 4.98 Å². The lowest BCUT2D eigenvalue weighted by Gasteiger charge is -2.35. The van der Waals surface area contributed by atoms with Crippen LogP contribution in [-0.2, 0) is 15.7 Å². The molecule has 2 fully saturated rings. The van der Waals surface area contributed by atoms with Gasteiger partial charge in [-0.2, -0.15) is 13.2 Å². The van der Waals surface area contributed by atoms with Crippen molar-refractivity contribution < 1.29 is 22.7 Å². The molecule has 0 aromatic carbocycles. The molecule has 180 valence electrons. The highest BCUT2D eigenvalue weighted by atomic mass is 19.4. The maximum absolute atomic E-state index is 12.7. The maximum Gasteiger partial charge on any atom is 0.417 e. The first-order valence-electron chi connectivity index (χ1n) is 11.4. The molecule has 1 aromatic rings. The number of anilines is 1. The average molecular weight is 458 g/mol. The SMILES string of the molecule is C[C@@H]1CN(CCCNC(=O)CN2CCCN(c3ccc(C(F)(F)F)cn3)CC2)C[C@@H](C)O1. The van der Waals surface area contributed by atoms with Crippen LogP contribution in [0.15, 0.2) is 18.3 Å². The van der Waals surface area contributed by atoms with Crippen LogP contribution < -0.4 is 10.2 Å². The number of ether oxygens (including phenoxy) is 1. The number of carbonyl (C=O) groups is 1. The van der Waals surface area contributed by atoms with Gasteiger partial charge in [0.2, 0.25) is 5.91 Å². The Kier molecular flexibility index (Phi) is 8.72. The Balaban J connectivity index is 1.36. The highest BCUT2D eigenvalue weighted by Crippen LogP contribution is 2.29. The Hall–Kier alpha value is -1.91. The Morgan fingerprint density at radius 3 is 2.53 bits per heavy atom. The molecular formula is C22H34F3N5O2. The normalized spacial score (nSPS) is 23.7. The molecule has 32 heavy (non-hydrogen) atoms. The molecule has 1 aromatic heterocycles. The van der Waals surface area contributed by atoms with E-state index in [1.54, 1.807) is 0 Å². The monoisotopic (exact) mass is 457 g/mol. The number of hydrogen-bond acceptors (Lipinski definition) is 6. The summed E-state index contributed by atoms with van der Waals surface area (Å²) in [6, 6.07) is 2.48. The molecule has 0 radical (unpaired) electrons. The smallest absolute Gasteiger partial charge is 0.373 e. The summed E-state index contributed by atoms with van der Waals surface area (Å²) in [5.74, 6) is 0.547. The van der Waals surface area contributed by atoms with Gasteiger partial charge in [0, 0.05) is 58.6 Å². The van der Waals surface area contributed by atoms with Gasteiger partial charge in [-0.05, 0) is 38.8 Å². The second-order valence-electron chi connectivity index (χ2n) is 8.74. The number of nitrogens with zero attached hydrogens (tertiary/aromatic N) is 4. The molecule has 1 amide bonds. The third kappa shape index (κ3) is 7.60. The lowest BCUT2D eigenvalue weighted by Crippen LogP contribution is -2.46. The predicted octanol–water partition coefficient (Wildman–Crippen LogP) is 2.23. The van der Waals surface area contributed by atoms with E-state index in [1.807, 2.05) is 4.90 Å². The summed E-state index contributed by atoms with van der Waals surface area (Å²) in [4.78, 5) is 22.8. The van der Waals surface area contributed by atoms with Gasteiger partial charge >= 0.3 is 6.18 Å². The third-order valence-corrected chi connectivity index (χ3v) is 5.82. The van der Waals surface area contributed by atoms with Crippen LogP contribution in [0.25, 0.3) is 0 Å². The predicted molar refractivity (Wildman–Crippen MR) is 117 cm³/mol. The van der Waals surface area contributed by atoms with Crippen molar-refractivity contribution in [1.82, 2.24) is 20.1 Å². The van der Waals surface area contributed by atoms with Gasteiger partial charge in [0.1, 0.15) is 5.82 Å². The number of halogens is 3. The summed E-state index contributed by atoms with van der Waals surface area (Å²) in [6.07, 6.45) is -1.29. The first kappa shape index (κ1) is 24.7. The van der Waals surface area contributed by atoms with Gasteiger partial charge in [-0.15, -0.1) is 0 Å². The fourth-order valence-electron chi connectivity index (χ4n) is 4.36. The molecular weight excluding hydrogens is 423 g/mol. The quantitative estimate of drug-likeness (QED) is 0.634. The van der Waals surface area contributed by atoms with E-state index in [1.165, 1.54) is 6.07 Å². The molecule has 3 rings (SSSR count). The van der Waals surface area contributed by atoms with Crippen LogP contribution in [-0.4, -0.2) is 91.8 Å². The van der Waals surface area contributed by atoms with Crippen molar-refractivity contribution in [1.29, 1.82) is 0 Å². The second-order valence-corrected chi connectivity index (χ2v) is 8.74. The number of hydrogen-bond donors (Lipinski definition) is 1. The molecule has 2 saturated heterocycles. The first-order valence-corrected chi connectivity index (χ1v) is 11.4. The van der Waals surface area contributed by atoms with Crippen LogP contribution in [0.4, 0.5) is 19.0 Å². The van der Waals surface area contributed by atoms with Crippen molar-refractivity contribution in [3.63, 3.8) is 0 Å². The number of morpholine rings is 1. The maximum atomic E-state index is 12.7. The van der Waals surface area contributed by atoms with E-state index >= 15 is 0 Å². The van der Waals surface area contributed by atoms with Crippen LogP contribution >= 0.6 is 0 Å². The lowest BCUT2D eigenvalue weighted by molar-refractivity contribution is -0.137. The van der Waals surface area contributed by atoms with Crippen LogP contribution in [0, 0.1) is 0 Å². The van der Waals surface area contributed by atoms with Gasteiger partial charge in [-0.3, -0.25) is 14.6 Å². The van der Waals surface area contributed by atoms with E-state index in [0.29, 0.717) is 38.5 Å². The zero-order chi connectivity index (χ0) is 23.1. The van der Waals surface area contributed by atoms with Crippen molar-refractivity contribution in [2.45, 2.75) is 45.1 Å². The summed E-state index contributed by atoms with van der Waals surface area (Å²) in [7, 11) is 0. The molecule has 0 spiro atoms. The molecule has 0 unspecified atom stereocenters. The van der Waals surface area contributed by atoms with E-state index in [2.05, 4.69) is 33.9 Å². The van der Waals surface area contributed by atoms with Gasteiger partial charge in [0.05, 0.1) is 24.3 Å². The fraction of sp³-hybridized carbons (Fsp3) is 0.727. The zero-order valence-electron chi connectivity index (χ0n) is 18.9. The van der Waals surface area contributed by atoms with Crippen LogP contribution in [0.5, 0.6) is 0 Å². The van der Waals surface area contributed by atoms with Gasteiger partial charge in [0.25, 0.3) is 0 Å². The molecule has 7 nitrogen and oxygen atoms in total. The standard InChI is InChI=1S/C22H34F3N5O2/c1-17-14-29(15-18(2)32-17)8-3-7-26-21(31)16-28-9-4-10-30(12-11-28)20-6-5-19(13-27-20)22(23,24)25/h5-6,13,17-18H,3-4,7-12,14-16H2,1-2H3,(H,26,31)/t17-,18-/m1/s1. The molecule has 2 aliphatic rings. The second kappa shape index (κ2) is 11.3. The average Bonchev–Trinajstić information content (AvgIpc) is 2.95. The van der Waals surface area contributed by atoms with Crippen molar-refractivity contribution in [2.24, 2.45) is 0 Å². The van der Waals surface area contributed by atoms with E-state index in [0.717, 1.165) is 51.3 Å². The molecule has 3 heterocycles. The minimum absolute atomic E-state index is 0.00909. The molecule has 2 aliphatic heterocycles. The van der Waals surface area contributed by atoms with Gasteiger partial charge in [0.15, 0.2) is 0 Å². The number of aromatic nitrogens is 1. The summed E-state index contributed by atoms with van der Waals surface area (Å²) in [6.45, 7) is 10.7. The van der Waals surface area contributed by atoms with E-state index < -0.39 is 11.7 Å². The fourth-order valence-corrected chi connectivity index (χ4v) is 4.36. The molecule has 0 aliphatic carbocycles. The summed E-state index contributed by atoms with van der Waals surface area (Å²) >= 11 is 0. The Morgan fingerprint density at radius 1 is 1.12 bits per heavy atom. The van der Waals surface area contributed by atoms with Crippen LogP contribution in [0.1, 0.15) is 32.3 Å². The summed E-state index contributed by atoms with van der Waals surface area (Å²) < 4.78 is 43.9. The Morgan fingerprint density at radius 2 is 1.88 bits per heavy atom. The van der Waals surface area contributed by atoms with Gasteiger partial charge < -0.3 is 15.0 Å². The minimum atomic E-state index is -4.38. The molecule has 0 saturated carbocycles. The molecule has 0 bridgehead atoms. The van der Waals surface area contributed by atoms with Gasteiger partial charge in [-0.1, -0.05) is 0 Å². The number of alkyl halides is 3. The van der Waals surface area contributed by atoms with Crippen LogP contribution in [0.3, 0.4) is 0 Å². The molecule has 10 heteroatoms. The molecule has 1 N–H and O–H groups in total. The first-order chi connectivity index (χ1) is 15.2. The highest BCUT2D eigenvalue weighted by molar-refractivity contribution is 5.78. The van der Waals surface area contributed by atoms with Crippen molar-refractivity contribution >= 4 is 11.7 Å². The van der Waals surface area contributed by atoms with Crippen molar-refractivity contribution in [3.8, 4) is 0 Å². The van der Waals surface area contributed by atoms with E-state index in [-0.39, 0.29) is 18.1 Å². The number of pyridine rings is 1. The number of nitrogens with one attached hydrogen (secondary N) is 1. The van der Waals surface area contributed by atoms with E-state index in [4.69, 9.17) is 4.74 Å². The minimum Gasteiger partial charge on any atom is -0.373 e. The highest BCUT2D eigenvalue weighted by Gasteiger charge is 2.31. The number of amides is 1. The number of carbonyl (C=O) groups excluding carboxylic acids is 1. The topological polar surface area (TPSA) is 60.9 Å². The van der Waals surface area contributed by atoms with Crippen molar-refractivity contribution in [3.05, 3.63) is 23.9 Å². The molecule has 2 atom stereocenters. The van der Waals surface area contributed by atoms with Crippen molar-refractivity contribution in [2.75, 3.05) is 63.8 Å². The third-order valence-electron chi connectivity index (χ3n) is 5.82. The summed E-state index contributed by atoms with van der Waals surface area (Å²) in [5.41, 5.74) is -0.744. The Bertz CT molecular complexity index is 721. The lowest BCUT2D eigenvalue weighted by atomic mass is 10.2. The summed E-state index contributed by atoms with van der Waals surface area (Å²) in [5, 5.41) is 3.00. The van der Waals surface area contributed by atoms with Crippen LogP contribution in [0.2, 0.25) is 0 Å².